The van der Waals surface area contributed by atoms with E-state index in [1.165, 1.54) is 0 Å². The number of amides is 1. The molecule has 0 bridgehead atoms. The quantitative estimate of drug-likeness (QED) is 0.723. The van der Waals surface area contributed by atoms with E-state index in [1.54, 1.807) is 23.1 Å². The van der Waals surface area contributed by atoms with Crippen LogP contribution in [0, 0.1) is 5.82 Å². The van der Waals surface area contributed by atoms with Gasteiger partial charge in [-0.25, -0.2) is 9.18 Å². The molecule has 2 aromatic rings. The lowest BCUT2D eigenvalue weighted by atomic mass is 10.0. The minimum absolute atomic E-state index is 0.0253. The van der Waals surface area contributed by atoms with Crippen LogP contribution in [-0.2, 0) is 22.5 Å². The summed E-state index contributed by atoms with van der Waals surface area (Å²) >= 11 is 3.20. The van der Waals surface area contributed by atoms with Crippen LogP contribution in [0.1, 0.15) is 11.1 Å². The molecule has 4 nitrogen and oxygen atoms in total. The Morgan fingerprint density at radius 1 is 1.24 bits per heavy atom. The van der Waals surface area contributed by atoms with Crippen LogP contribution >= 0.6 is 15.9 Å². The fourth-order valence-electron chi connectivity index (χ4n) is 3.32. The number of likely N-dealkylation sites (tertiary alicyclic amines) is 1. The van der Waals surface area contributed by atoms with Crippen LogP contribution in [-0.4, -0.2) is 35.8 Å². The number of carbonyl (C=O) groups excluding carboxylic acids is 1. The highest BCUT2D eigenvalue weighted by Crippen LogP contribution is 2.39. The Bertz CT molecular complexity index is 785. The molecule has 0 aliphatic carbocycles. The maximum absolute atomic E-state index is 14.3. The van der Waals surface area contributed by atoms with Gasteiger partial charge in [0.1, 0.15) is 24.6 Å². The monoisotopic (exact) mass is 405 g/mol. The zero-order chi connectivity index (χ0) is 17.4. The Hall–Kier alpha value is -1.92. The van der Waals surface area contributed by atoms with E-state index in [9.17, 15) is 9.18 Å². The molecule has 2 aliphatic rings. The van der Waals surface area contributed by atoms with Crippen LogP contribution in [0.3, 0.4) is 0 Å². The van der Waals surface area contributed by atoms with Crippen LogP contribution in [0.2, 0.25) is 0 Å². The second-order valence-electron chi connectivity index (χ2n) is 6.32. The van der Waals surface area contributed by atoms with Crippen LogP contribution in [0.25, 0.3) is 0 Å². The third-order valence-corrected chi connectivity index (χ3v) is 5.29. The number of hydrogen-bond donors (Lipinski definition) is 0. The smallest absolute Gasteiger partial charge is 0.410 e. The maximum Gasteiger partial charge on any atom is 0.410 e. The van der Waals surface area contributed by atoms with E-state index in [1.807, 2.05) is 30.3 Å². The summed E-state index contributed by atoms with van der Waals surface area (Å²) in [5.41, 5.74) is 1.50. The summed E-state index contributed by atoms with van der Waals surface area (Å²) in [5, 5.41) is 0. The lowest BCUT2D eigenvalue weighted by Crippen LogP contribution is -2.41. The van der Waals surface area contributed by atoms with Crippen LogP contribution in [0.15, 0.2) is 53.0 Å². The van der Waals surface area contributed by atoms with Crippen molar-refractivity contribution >= 4 is 22.0 Å². The lowest BCUT2D eigenvalue weighted by molar-refractivity contribution is 0.0702. The predicted octanol–water partition coefficient (Wildman–Crippen LogP) is 3.92. The molecule has 1 amide bonds. The van der Waals surface area contributed by atoms with Crippen LogP contribution in [0.4, 0.5) is 9.18 Å². The molecule has 4 rings (SSSR count). The normalized spacial score (nSPS) is 24.1. The number of halogens is 2. The van der Waals surface area contributed by atoms with Crippen LogP contribution < -0.4 is 0 Å². The SMILES string of the molecule is O=C(OCc1ccccc1)N1CC2OC2C1Cc1cccc(Br)c1F. The molecule has 0 saturated carbocycles. The lowest BCUT2D eigenvalue weighted by Gasteiger charge is -2.26. The first-order valence-corrected chi connectivity index (χ1v) is 8.98. The Morgan fingerprint density at radius 2 is 2.04 bits per heavy atom. The first-order chi connectivity index (χ1) is 12.1. The Morgan fingerprint density at radius 3 is 2.84 bits per heavy atom. The average molecular weight is 406 g/mol. The zero-order valence-corrected chi connectivity index (χ0v) is 15.0. The van der Waals surface area contributed by atoms with Gasteiger partial charge >= 0.3 is 6.09 Å². The molecule has 3 unspecified atom stereocenters. The molecule has 0 N–H and O–H groups in total. The van der Waals surface area contributed by atoms with Gasteiger partial charge in [0, 0.05) is 0 Å². The summed E-state index contributed by atoms with van der Waals surface area (Å²) in [4.78, 5) is 14.2. The molecule has 3 atom stereocenters. The van der Waals surface area contributed by atoms with E-state index in [0.29, 0.717) is 23.0 Å². The van der Waals surface area contributed by atoms with Crippen LogP contribution in [0.5, 0.6) is 0 Å². The molecule has 0 radical (unpaired) electrons. The van der Waals surface area contributed by atoms with Gasteiger partial charge in [0.05, 0.1) is 17.1 Å². The van der Waals surface area contributed by atoms with Gasteiger partial charge in [-0.15, -0.1) is 0 Å². The van der Waals surface area contributed by atoms with E-state index in [-0.39, 0.29) is 36.8 Å². The highest BCUT2D eigenvalue weighted by atomic mass is 79.9. The van der Waals surface area contributed by atoms with Crippen molar-refractivity contribution in [1.29, 1.82) is 0 Å². The Labute approximate surface area is 153 Å². The second-order valence-corrected chi connectivity index (χ2v) is 7.17. The predicted molar refractivity (Wildman–Crippen MR) is 93.6 cm³/mol. The van der Waals surface area contributed by atoms with E-state index in [0.717, 1.165) is 5.56 Å². The standard InChI is InChI=1S/C19H17BrFNO3/c20-14-8-4-7-13(17(14)21)9-15-18-16(25-18)10-22(15)19(23)24-11-12-5-2-1-3-6-12/h1-8,15-16,18H,9-11H2. The fourth-order valence-corrected chi connectivity index (χ4v) is 3.73. The molecular formula is C19H17BrFNO3. The van der Waals surface area contributed by atoms with Crippen molar-refractivity contribution in [1.82, 2.24) is 4.90 Å². The second kappa shape index (κ2) is 6.77. The van der Waals surface area contributed by atoms with Gasteiger partial charge in [-0.3, -0.25) is 4.90 Å². The number of hydrogen-bond acceptors (Lipinski definition) is 3. The van der Waals surface area contributed by atoms with Gasteiger partial charge in [-0.2, -0.15) is 0 Å². The first kappa shape index (κ1) is 16.5. The summed E-state index contributed by atoms with van der Waals surface area (Å²) in [6.07, 6.45) is 0.0552. The van der Waals surface area contributed by atoms with Crippen molar-refractivity contribution in [2.24, 2.45) is 0 Å². The maximum atomic E-state index is 14.3. The van der Waals surface area contributed by atoms with E-state index in [2.05, 4.69) is 15.9 Å². The number of fused-ring (bicyclic) bond motifs is 1. The molecular weight excluding hydrogens is 389 g/mol. The first-order valence-electron chi connectivity index (χ1n) is 8.19. The molecule has 2 fully saturated rings. The number of rotatable bonds is 4. The molecule has 25 heavy (non-hydrogen) atoms. The zero-order valence-electron chi connectivity index (χ0n) is 13.4. The molecule has 6 heteroatoms. The van der Waals surface area contributed by atoms with E-state index >= 15 is 0 Å². The molecule has 2 aliphatic heterocycles. The van der Waals surface area contributed by atoms with E-state index in [4.69, 9.17) is 9.47 Å². The number of benzene rings is 2. The minimum Gasteiger partial charge on any atom is -0.445 e. The van der Waals surface area contributed by atoms with Gasteiger partial charge in [-0.05, 0) is 39.5 Å². The van der Waals surface area contributed by atoms with Crippen molar-refractivity contribution in [3.8, 4) is 0 Å². The van der Waals surface area contributed by atoms with Crippen molar-refractivity contribution in [3.63, 3.8) is 0 Å². The molecule has 2 saturated heterocycles. The van der Waals surface area contributed by atoms with Gasteiger partial charge in [0.2, 0.25) is 0 Å². The van der Waals surface area contributed by atoms with Gasteiger partial charge < -0.3 is 9.47 Å². The molecule has 0 spiro atoms. The van der Waals surface area contributed by atoms with Crippen molar-refractivity contribution in [2.45, 2.75) is 31.3 Å². The number of nitrogens with zero attached hydrogens (tertiary/aromatic N) is 1. The highest BCUT2D eigenvalue weighted by Gasteiger charge is 2.56. The highest BCUT2D eigenvalue weighted by molar-refractivity contribution is 9.10. The number of ether oxygens (including phenoxy) is 2. The van der Waals surface area contributed by atoms with Gasteiger partial charge in [0.15, 0.2) is 0 Å². The van der Waals surface area contributed by atoms with Crippen molar-refractivity contribution < 1.29 is 18.7 Å². The summed E-state index contributed by atoms with van der Waals surface area (Å²) in [6, 6.07) is 14.5. The minimum atomic E-state index is -0.375. The Balaban J connectivity index is 1.44. The summed E-state index contributed by atoms with van der Waals surface area (Å²) in [5.74, 6) is -0.288. The number of morpholine rings is 1. The Kier molecular flexibility index (Phi) is 4.48. The summed E-state index contributed by atoms with van der Waals surface area (Å²) in [7, 11) is 0. The molecule has 2 aromatic carbocycles. The molecule has 0 aromatic heterocycles. The third-order valence-electron chi connectivity index (χ3n) is 4.68. The summed E-state index contributed by atoms with van der Waals surface area (Å²) in [6.45, 7) is 0.725. The summed E-state index contributed by atoms with van der Waals surface area (Å²) < 4.78 is 25.7. The largest absolute Gasteiger partial charge is 0.445 e. The van der Waals surface area contributed by atoms with Crippen molar-refractivity contribution in [3.05, 3.63) is 69.9 Å². The molecule has 130 valence electrons. The van der Waals surface area contributed by atoms with E-state index < -0.39 is 0 Å². The van der Waals surface area contributed by atoms with Gasteiger partial charge in [-0.1, -0.05) is 42.5 Å². The fraction of sp³-hybridized carbons (Fsp3) is 0.316. The molecule has 2 heterocycles. The van der Waals surface area contributed by atoms with Gasteiger partial charge in [0.25, 0.3) is 0 Å². The number of carbonyl (C=O) groups is 1. The van der Waals surface area contributed by atoms with Crippen molar-refractivity contribution in [2.75, 3.05) is 6.54 Å². The number of epoxide rings is 1. The average Bonchev–Trinajstić information content (AvgIpc) is 3.32. The topological polar surface area (TPSA) is 42.1 Å². The third kappa shape index (κ3) is 3.41.